The topological polar surface area (TPSA) is 46.6 Å². The highest BCUT2D eigenvalue weighted by Gasteiger charge is 2.22. The molecule has 1 aliphatic rings. The van der Waals surface area contributed by atoms with Gasteiger partial charge in [0.05, 0.1) is 5.56 Å². The molecule has 0 radical (unpaired) electrons. The molecule has 1 aromatic carbocycles. The van der Waals surface area contributed by atoms with Gasteiger partial charge in [-0.25, -0.2) is 4.79 Å². The third-order valence-electron chi connectivity index (χ3n) is 3.43. The van der Waals surface area contributed by atoms with Crippen LogP contribution in [0.3, 0.4) is 0 Å². The second-order valence-corrected chi connectivity index (χ2v) is 6.31. The highest BCUT2D eigenvalue weighted by molar-refractivity contribution is 14.1. The Morgan fingerprint density at radius 2 is 2.15 bits per heavy atom. The van der Waals surface area contributed by atoms with Crippen molar-refractivity contribution >= 4 is 34.5 Å². The summed E-state index contributed by atoms with van der Waals surface area (Å²) in [4.78, 5) is 25.7. The first kappa shape index (κ1) is 15.3. The first-order valence-electron chi connectivity index (χ1n) is 6.77. The summed E-state index contributed by atoms with van der Waals surface area (Å²) in [7, 11) is 0. The zero-order valence-corrected chi connectivity index (χ0v) is 13.6. The molecule has 20 heavy (non-hydrogen) atoms. The van der Waals surface area contributed by atoms with E-state index in [0.29, 0.717) is 11.5 Å². The van der Waals surface area contributed by atoms with Crippen molar-refractivity contribution in [1.29, 1.82) is 0 Å². The number of hydrogen-bond donors (Lipinski definition) is 0. The Bertz CT molecular complexity index is 504. The number of carbonyl (C=O) groups excluding carboxylic acids is 2. The van der Waals surface area contributed by atoms with Gasteiger partial charge >= 0.3 is 5.97 Å². The standard InChI is InChI=1S/C15H18INO3/c1-11-5-4-8-17(9-11)14(18)10-20-15(19)12-6-2-3-7-13(12)16/h2-3,6-7,11H,4-5,8-10H2,1H3. The Morgan fingerprint density at radius 1 is 1.40 bits per heavy atom. The van der Waals surface area contributed by atoms with E-state index in [4.69, 9.17) is 4.74 Å². The molecule has 0 saturated carbocycles. The van der Waals surface area contributed by atoms with Crippen molar-refractivity contribution < 1.29 is 14.3 Å². The predicted octanol–water partition coefficient (Wildman–Crippen LogP) is 2.71. The van der Waals surface area contributed by atoms with E-state index in [0.717, 1.165) is 29.5 Å². The van der Waals surface area contributed by atoms with Crippen LogP contribution in [0.1, 0.15) is 30.1 Å². The molecule has 1 fully saturated rings. The minimum Gasteiger partial charge on any atom is -0.452 e. The fourth-order valence-electron chi connectivity index (χ4n) is 2.34. The smallest absolute Gasteiger partial charge is 0.339 e. The number of carbonyl (C=O) groups is 2. The Morgan fingerprint density at radius 3 is 2.85 bits per heavy atom. The molecule has 1 unspecified atom stereocenters. The van der Waals surface area contributed by atoms with E-state index in [1.807, 2.05) is 12.1 Å². The van der Waals surface area contributed by atoms with Gasteiger partial charge in [-0.15, -0.1) is 0 Å². The summed E-state index contributed by atoms with van der Waals surface area (Å²) < 4.78 is 5.95. The molecule has 0 spiro atoms. The Kier molecular flexibility index (Phi) is 5.39. The lowest BCUT2D eigenvalue weighted by atomic mass is 10.0. The SMILES string of the molecule is CC1CCCN(C(=O)COC(=O)c2ccccc2I)C1. The molecule has 0 aromatic heterocycles. The quantitative estimate of drug-likeness (QED) is 0.592. The van der Waals surface area contributed by atoms with E-state index in [1.54, 1.807) is 17.0 Å². The van der Waals surface area contributed by atoms with Gasteiger partial charge < -0.3 is 9.64 Å². The van der Waals surface area contributed by atoms with Crippen LogP contribution in [-0.4, -0.2) is 36.5 Å². The van der Waals surface area contributed by atoms with Crippen LogP contribution >= 0.6 is 22.6 Å². The van der Waals surface area contributed by atoms with Gasteiger partial charge in [0.25, 0.3) is 5.91 Å². The summed E-state index contributed by atoms with van der Waals surface area (Å²) in [5.74, 6) is -0.0114. The second-order valence-electron chi connectivity index (χ2n) is 5.14. The molecular formula is C15H18INO3. The van der Waals surface area contributed by atoms with Crippen LogP contribution in [0, 0.1) is 9.49 Å². The van der Waals surface area contributed by atoms with Crippen molar-refractivity contribution in [1.82, 2.24) is 4.90 Å². The molecule has 2 rings (SSSR count). The summed E-state index contributed by atoms with van der Waals surface area (Å²) in [5, 5.41) is 0. The monoisotopic (exact) mass is 387 g/mol. The Balaban J connectivity index is 1.87. The maximum Gasteiger partial charge on any atom is 0.339 e. The molecule has 1 aliphatic heterocycles. The number of ether oxygens (including phenoxy) is 1. The lowest BCUT2D eigenvalue weighted by molar-refractivity contribution is -0.136. The average molecular weight is 387 g/mol. The third-order valence-corrected chi connectivity index (χ3v) is 4.37. The van der Waals surface area contributed by atoms with Crippen molar-refractivity contribution in [2.24, 2.45) is 5.92 Å². The fourth-order valence-corrected chi connectivity index (χ4v) is 2.95. The maximum absolute atomic E-state index is 12.0. The molecule has 108 valence electrons. The summed E-state index contributed by atoms with van der Waals surface area (Å²) in [5.41, 5.74) is 0.507. The normalized spacial score (nSPS) is 18.7. The number of halogens is 1. The van der Waals surface area contributed by atoms with Crippen LogP contribution in [0.2, 0.25) is 0 Å². The predicted molar refractivity (Wildman–Crippen MR) is 84.4 cm³/mol. The van der Waals surface area contributed by atoms with E-state index < -0.39 is 5.97 Å². The Hall–Kier alpha value is -1.11. The molecular weight excluding hydrogens is 369 g/mol. The number of hydrogen-bond acceptors (Lipinski definition) is 3. The van der Waals surface area contributed by atoms with Crippen molar-refractivity contribution in [3.8, 4) is 0 Å². The zero-order valence-electron chi connectivity index (χ0n) is 11.5. The van der Waals surface area contributed by atoms with E-state index in [-0.39, 0.29) is 12.5 Å². The molecule has 1 saturated heterocycles. The molecule has 1 aromatic rings. The molecule has 0 bridgehead atoms. The van der Waals surface area contributed by atoms with Gasteiger partial charge in [0.1, 0.15) is 0 Å². The summed E-state index contributed by atoms with van der Waals surface area (Å²) in [6.45, 7) is 3.50. The van der Waals surface area contributed by atoms with Gasteiger partial charge in [-0.2, -0.15) is 0 Å². The fraction of sp³-hybridized carbons (Fsp3) is 0.467. The number of esters is 1. The minimum absolute atomic E-state index is 0.101. The van der Waals surface area contributed by atoms with Gasteiger partial charge in [0, 0.05) is 16.7 Å². The van der Waals surface area contributed by atoms with Crippen LogP contribution in [0.15, 0.2) is 24.3 Å². The first-order chi connectivity index (χ1) is 9.58. The lowest BCUT2D eigenvalue weighted by Gasteiger charge is -2.30. The highest BCUT2D eigenvalue weighted by atomic mass is 127. The first-order valence-corrected chi connectivity index (χ1v) is 7.85. The van der Waals surface area contributed by atoms with E-state index in [9.17, 15) is 9.59 Å². The van der Waals surface area contributed by atoms with Crippen LogP contribution in [-0.2, 0) is 9.53 Å². The van der Waals surface area contributed by atoms with Crippen molar-refractivity contribution in [3.05, 3.63) is 33.4 Å². The molecule has 5 heteroatoms. The van der Waals surface area contributed by atoms with Gasteiger partial charge in [-0.05, 0) is 53.5 Å². The van der Waals surface area contributed by atoms with Gasteiger partial charge in [0.2, 0.25) is 0 Å². The van der Waals surface area contributed by atoms with Crippen LogP contribution < -0.4 is 0 Å². The lowest BCUT2D eigenvalue weighted by Crippen LogP contribution is -2.41. The Labute approximate surface area is 132 Å². The number of piperidine rings is 1. The molecule has 0 N–H and O–H groups in total. The van der Waals surface area contributed by atoms with Crippen molar-refractivity contribution in [2.75, 3.05) is 19.7 Å². The van der Waals surface area contributed by atoms with E-state index in [2.05, 4.69) is 29.5 Å². The third kappa shape index (κ3) is 3.94. The summed E-state index contributed by atoms with van der Waals surface area (Å²) in [6.07, 6.45) is 2.18. The summed E-state index contributed by atoms with van der Waals surface area (Å²) >= 11 is 2.08. The number of likely N-dealkylation sites (tertiary alicyclic amines) is 1. The van der Waals surface area contributed by atoms with Gasteiger partial charge in [0.15, 0.2) is 6.61 Å². The van der Waals surface area contributed by atoms with Crippen LogP contribution in [0.4, 0.5) is 0 Å². The largest absolute Gasteiger partial charge is 0.452 e. The summed E-state index contributed by atoms with van der Waals surface area (Å²) in [6, 6.07) is 7.19. The number of nitrogens with zero attached hydrogens (tertiary/aromatic N) is 1. The van der Waals surface area contributed by atoms with Gasteiger partial charge in [-0.1, -0.05) is 19.1 Å². The molecule has 1 heterocycles. The van der Waals surface area contributed by atoms with Crippen molar-refractivity contribution in [2.45, 2.75) is 19.8 Å². The minimum atomic E-state index is -0.437. The van der Waals surface area contributed by atoms with Crippen LogP contribution in [0.25, 0.3) is 0 Å². The number of benzene rings is 1. The molecule has 1 atom stereocenters. The average Bonchev–Trinajstić information content (AvgIpc) is 2.45. The van der Waals surface area contributed by atoms with Crippen molar-refractivity contribution in [3.63, 3.8) is 0 Å². The highest BCUT2D eigenvalue weighted by Crippen LogP contribution is 2.16. The number of amides is 1. The molecule has 0 aliphatic carbocycles. The van der Waals surface area contributed by atoms with Crippen LogP contribution in [0.5, 0.6) is 0 Å². The van der Waals surface area contributed by atoms with E-state index in [1.165, 1.54) is 0 Å². The maximum atomic E-state index is 12.0. The van der Waals surface area contributed by atoms with Gasteiger partial charge in [-0.3, -0.25) is 4.79 Å². The zero-order chi connectivity index (χ0) is 14.5. The van der Waals surface area contributed by atoms with E-state index >= 15 is 0 Å². The molecule has 1 amide bonds. The number of rotatable bonds is 3. The molecule has 4 nitrogen and oxygen atoms in total. The second kappa shape index (κ2) is 7.06.